The number of hydrogen-bond acceptors (Lipinski definition) is 2. The summed E-state index contributed by atoms with van der Waals surface area (Å²) in [5.41, 5.74) is 0. The minimum Gasteiger partial charge on any atom is -0.388 e. The van der Waals surface area contributed by atoms with Crippen LogP contribution in [0, 0.1) is 0 Å². The summed E-state index contributed by atoms with van der Waals surface area (Å²) in [5, 5.41) is 0. The maximum Gasteiger partial charge on any atom is 0.0351 e. The molecule has 0 bridgehead atoms. The summed E-state index contributed by atoms with van der Waals surface area (Å²) < 4.78 is 4.25. The predicted molar refractivity (Wildman–Crippen MR) is 69.1 cm³/mol. The van der Waals surface area contributed by atoms with Crippen LogP contribution in [-0.2, 0) is 4.74 Å². The summed E-state index contributed by atoms with van der Waals surface area (Å²) in [6.45, 7) is 8.61. The Morgan fingerprint density at radius 2 is 0.857 bits per heavy atom. The number of hydrogen-bond donors (Lipinski definition) is 0. The Balaban J connectivity index is -0.0000000482. The Morgan fingerprint density at radius 1 is 0.786 bits per heavy atom. The lowest BCUT2D eigenvalue weighted by molar-refractivity contribution is 0.277. The van der Waals surface area contributed by atoms with Crippen LogP contribution in [0.5, 0.6) is 0 Å². The fourth-order valence-electron chi connectivity index (χ4n) is 0. The molecule has 0 aliphatic carbocycles. The average molecular weight is 207 g/mol. The molecule has 2 nitrogen and oxygen atoms in total. The van der Waals surface area contributed by atoms with Gasteiger partial charge in [0.05, 0.1) is 0 Å². The lowest BCUT2D eigenvalue weighted by atomic mass is 10.4. The van der Waals surface area contributed by atoms with Gasteiger partial charge in [0.2, 0.25) is 0 Å². The van der Waals surface area contributed by atoms with Crippen LogP contribution in [0.3, 0.4) is 0 Å². The molecule has 0 rings (SSSR count). The molecule has 0 saturated heterocycles. The number of ether oxygens (including phenoxy) is 1. The first kappa shape index (κ1) is 23.6. The van der Waals surface area contributed by atoms with Gasteiger partial charge in [0.1, 0.15) is 0 Å². The predicted octanol–water partition coefficient (Wildman–Crippen LogP) is 3.66. The Bertz CT molecular complexity index is 40.8. The topological polar surface area (TPSA) is 12.5 Å². The van der Waals surface area contributed by atoms with Crippen LogP contribution in [0.2, 0.25) is 0 Å². The fraction of sp³-hybridized carbons (Fsp3) is 1.00. The van der Waals surface area contributed by atoms with Gasteiger partial charge in [0.25, 0.3) is 0 Å². The fourth-order valence-corrected chi connectivity index (χ4v) is 0. The van der Waals surface area contributed by atoms with E-state index in [4.69, 9.17) is 0 Å². The van der Waals surface area contributed by atoms with E-state index in [1.165, 1.54) is 19.3 Å². The van der Waals surface area contributed by atoms with Crippen molar-refractivity contribution in [3.8, 4) is 0 Å². The molecule has 0 unspecified atom stereocenters. The highest BCUT2D eigenvalue weighted by molar-refractivity contribution is 4.12. The highest BCUT2D eigenvalue weighted by Gasteiger charge is 1.58. The average Bonchev–Trinajstić information content (AvgIpc) is 2.06. The summed E-state index contributed by atoms with van der Waals surface area (Å²) >= 11 is 0. The monoisotopic (exact) mass is 207 g/mol. The zero-order valence-electron chi connectivity index (χ0n) is 12.0. The Hall–Kier alpha value is -0.0800. The summed E-state index contributed by atoms with van der Waals surface area (Å²) in [6.07, 6.45) is 3.89. The van der Waals surface area contributed by atoms with Gasteiger partial charge in [-0.1, -0.05) is 47.0 Å². The van der Waals surface area contributed by atoms with E-state index in [-0.39, 0.29) is 0 Å². The molecule has 0 saturated carbocycles. The van der Waals surface area contributed by atoms with Crippen molar-refractivity contribution >= 4 is 0 Å². The van der Waals surface area contributed by atoms with E-state index >= 15 is 0 Å². The zero-order valence-corrected chi connectivity index (χ0v) is 12.0. The molecule has 0 aromatic heterocycles. The molecular weight excluding hydrogens is 174 g/mol. The van der Waals surface area contributed by atoms with Gasteiger partial charge in [0.15, 0.2) is 0 Å². The van der Waals surface area contributed by atoms with Crippen molar-refractivity contribution in [3.05, 3.63) is 0 Å². The van der Waals surface area contributed by atoms with Crippen LogP contribution in [0.1, 0.15) is 47.0 Å². The first-order valence-electron chi connectivity index (χ1n) is 5.49. The molecule has 0 spiro atoms. The molecule has 0 aromatic carbocycles. The van der Waals surface area contributed by atoms with Crippen molar-refractivity contribution in [1.82, 2.24) is 4.90 Å². The quantitative estimate of drug-likeness (QED) is 0.650. The molecule has 0 N–H and O–H groups in total. The van der Waals surface area contributed by atoms with Gasteiger partial charge >= 0.3 is 0 Å². The van der Waals surface area contributed by atoms with Gasteiger partial charge in [0, 0.05) is 14.2 Å². The highest BCUT2D eigenvalue weighted by atomic mass is 16.4. The third-order valence-electron chi connectivity index (χ3n) is 0.500. The van der Waals surface area contributed by atoms with Gasteiger partial charge < -0.3 is 9.64 Å². The molecule has 14 heavy (non-hydrogen) atoms. The smallest absolute Gasteiger partial charge is 0.0351 e. The molecule has 2 heteroatoms. The van der Waals surface area contributed by atoms with Crippen molar-refractivity contribution in [2.45, 2.75) is 47.0 Å². The van der Waals surface area contributed by atoms with E-state index in [0.717, 1.165) is 0 Å². The minimum absolute atomic E-state index is 1.25. The van der Waals surface area contributed by atoms with Crippen molar-refractivity contribution in [3.63, 3.8) is 0 Å². The van der Waals surface area contributed by atoms with E-state index < -0.39 is 0 Å². The van der Waals surface area contributed by atoms with E-state index in [0.29, 0.717) is 0 Å². The van der Waals surface area contributed by atoms with Crippen LogP contribution in [0.4, 0.5) is 0 Å². The minimum atomic E-state index is 1.25. The molecule has 0 fully saturated rings. The summed E-state index contributed by atoms with van der Waals surface area (Å²) in [7, 11) is 9.25. The van der Waals surface area contributed by atoms with Gasteiger partial charge in [-0.15, -0.1) is 0 Å². The largest absolute Gasteiger partial charge is 0.388 e. The van der Waals surface area contributed by atoms with Crippen LogP contribution in [0.25, 0.3) is 0 Å². The number of nitrogens with zero attached hydrogens (tertiary/aromatic N) is 1. The third-order valence-corrected chi connectivity index (χ3v) is 0.500. The second-order valence-corrected chi connectivity index (χ2v) is 3.46. The van der Waals surface area contributed by atoms with Crippen molar-refractivity contribution in [1.29, 1.82) is 0 Å². The van der Waals surface area contributed by atoms with Crippen LogP contribution >= 0.6 is 0 Å². The highest BCUT2D eigenvalue weighted by Crippen LogP contribution is 1.76. The summed E-state index contributed by atoms with van der Waals surface area (Å²) in [5.74, 6) is 0. The van der Waals surface area contributed by atoms with Crippen LogP contribution in [0.15, 0.2) is 0 Å². The number of rotatable bonds is 1. The molecule has 0 amide bonds. The molecule has 0 atom stereocenters. The maximum atomic E-state index is 4.25. The SMILES string of the molecule is CCC.CCCC.CN(C)C.COC. The summed E-state index contributed by atoms with van der Waals surface area (Å²) in [4.78, 5) is 2.00. The molecule has 0 aliphatic rings. The second-order valence-electron chi connectivity index (χ2n) is 3.46. The lowest BCUT2D eigenvalue weighted by Gasteiger charge is -1.90. The van der Waals surface area contributed by atoms with E-state index in [9.17, 15) is 0 Å². The van der Waals surface area contributed by atoms with Gasteiger partial charge in [-0.2, -0.15) is 0 Å². The standard InChI is InChI=1S/C4H10.C3H9N.C3H8.C2H6O/c1-3-4-2;1-4(2)3;2*1-3-2/h3-4H2,1-2H3;1-3H3;3H2,1-2H3;1-2H3. The number of methoxy groups -OCH3 is 1. The summed E-state index contributed by atoms with van der Waals surface area (Å²) in [6, 6.07) is 0. The first-order chi connectivity index (χ1) is 6.47. The van der Waals surface area contributed by atoms with E-state index in [1.54, 1.807) is 14.2 Å². The maximum absolute atomic E-state index is 4.25. The first-order valence-corrected chi connectivity index (χ1v) is 5.49. The lowest BCUT2D eigenvalue weighted by Crippen LogP contribution is -1.99. The van der Waals surface area contributed by atoms with Crippen molar-refractivity contribution < 1.29 is 4.74 Å². The van der Waals surface area contributed by atoms with Crippen LogP contribution < -0.4 is 0 Å². The molecule has 92 valence electrons. The zero-order chi connectivity index (χ0) is 12.4. The Kier molecular flexibility index (Phi) is 64.7. The Morgan fingerprint density at radius 3 is 0.857 bits per heavy atom. The Labute approximate surface area is 92.6 Å². The van der Waals surface area contributed by atoms with E-state index in [2.05, 4.69) is 32.4 Å². The van der Waals surface area contributed by atoms with Gasteiger partial charge in [-0.05, 0) is 21.1 Å². The third kappa shape index (κ3) is 1680. The molecule has 0 heterocycles. The molecular formula is C12H33NO. The van der Waals surface area contributed by atoms with Gasteiger partial charge in [-0.3, -0.25) is 0 Å². The van der Waals surface area contributed by atoms with Crippen LogP contribution in [-0.4, -0.2) is 40.3 Å². The molecule has 0 aliphatic heterocycles. The molecule has 0 radical (unpaired) electrons. The molecule has 0 aromatic rings. The van der Waals surface area contributed by atoms with Gasteiger partial charge in [-0.25, -0.2) is 0 Å². The van der Waals surface area contributed by atoms with Crippen molar-refractivity contribution in [2.75, 3.05) is 35.4 Å². The second kappa shape index (κ2) is 38.3. The van der Waals surface area contributed by atoms with Crippen molar-refractivity contribution in [2.24, 2.45) is 0 Å². The van der Waals surface area contributed by atoms with E-state index in [1.807, 2.05) is 26.0 Å². The number of unbranched alkanes of at least 4 members (excludes halogenated alkanes) is 1. The normalized spacial score (nSPS) is 7.29.